The predicted molar refractivity (Wildman–Crippen MR) is 70.4 cm³/mol. The van der Waals surface area contributed by atoms with Crippen LogP contribution in [0.25, 0.3) is 0 Å². The van der Waals surface area contributed by atoms with Crippen LogP contribution in [0.1, 0.15) is 43.0 Å². The molecule has 0 aliphatic rings. The molecular formula is C15H21N. The van der Waals surface area contributed by atoms with Crippen molar-refractivity contribution in [3.8, 4) is 11.8 Å². The minimum Gasteiger partial charge on any atom is -0.309 e. The Labute approximate surface area is 99.3 Å². The lowest BCUT2D eigenvalue weighted by molar-refractivity contribution is 0.562. The first-order valence-corrected chi connectivity index (χ1v) is 5.89. The smallest absolute Gasteiger partial charge is 0.0433 e. The minimum absolute atomic E-state index is 0.359. The van der Waals surface area contributed by atoms with Crippen LogP contribution in [0.2, 0.25) is 0 Å². The van der Waals surface area contributed by atoms with Crippen LogP contribution in [0.3, 0.4) is 0 Å². The summed E-state index contributed by atoms with van der Waals surface area (Å²) in [6.45, 7) is 9.31. The van der Waals surface area contributed by atoms with Crippen molar-refractivity contribution in [1.82, 2.24) is 5.32 Å². The van der Waals surface area contributed by atoms with E-state index in [-0.39, 0.29) is 0 Å². The zero-order valence-electron chi connectivity index (χ0n) is 10.7. The van der Waals surface area contributed by atoms with Crippen molar-refractivity contribution in [3.63, 3.8) is 0 Å². The molecule has 86 valence electrons. The molecule has 1 unspecified atom stereocenters. The summed E-state index contributed by atoms with van der Waals surface area (Å²) in [4.78, 5) is 0. The highest BCUT2D eigenvalue weighted by atomic mass is 14.9. The van der Waals surface area contributed by atoms with Crippen molar-refractivity contribution >= 4 is 0 Å². The fraction of sp³-hybridized carbons (Fsp3) is 0.467. The van der Waals surface area contributed by atoms with E-state index in [1.807, 2.05) is 6.92 Å². The third kappa shape index (κ3) is 3.40. The minimum atomic E-state index is 0.359. The first-order valence-electron chi connectivity index (χ1n) is 5.89. The standard InChI is InChI=1S/C15H21N/c1-5-7-8-15(16-6-2)14-11-12(3)9-10-13(14)4/h9-11,15-16H,6,8H2,1-4H3. The molecule has 0 spiro atoms. The molecule has 1 N–H and O–H groups in total. The molecule has 0 saturated heterocycles. The van der Waals surface area contributed by atoms with Gasteiger partial charge in [-0.2, -0.15) is 0 Å². The van der Waals surface area contributed by atoms with Crippen LogP contribution in [-0.2, 0) is 0 Å². The maximum atomic E-state index is 3.50. The van der Waals surface area contributed by atoms with Crippen LogP contribution in [-0.4, -0.2) is 6.54 Å². The molecule has 0 aliphatic heterocycles. The summed E-state index contributed by atoms with van der Waals surface area (Å²) < 4.78 is 0. The molecule has 0 radical (unpaired) electrons. The second-order valence-electron chi connectivity index (χ2n) is 4.10. The topological polar surface area (TPSA) is 12.0 Å². The van der Waals surface area contributed by atoms with Gasteiger partial charge in [0.15, 0.2) is 0 Å². The SMILES string of the molecule is CC#CCC(NCC)c1cc(C)ccc1C. The van der Waals surface area contributed by atoms with Crippen LogP contribution >= 0.6 is 0 Å². The van der Waals surface area contributed by atoms with Gasteiger partial charge < -0.3 is 5.32 Å². The predicted octanol–water partition coefficient (Wildman–Crippen LogP) is 3.37. The second-order valence-corrected chi connectivity index (χ2v) is 4.10. The highest BCUT2D eigenvalue weighted by molar-refractivity contribution is 5.33. The monoisotopic (exact) mass is 215 g/mol. The van der Waals surface area contributed by atoms with E-state index >= 15 is 0 Å². The van der Waals surface area contributed by atoms with Gasteiger partial charge in [-0.25, -0.2) is 0 Å². The molecule has 0 aromatic heterocycles. The molecule has 1 rings (SSSR count). The van der Waals surface area contributed by atoms with Crippen molar-refractivity contribution in [2.45, 2.75) is 40.2 Å². The van der Waals surface area contributed by atoms with E-state index in [1.165, 1.54) is 16.7 Å². The first kappa shape index (κ1) is 12.8. The summed E-state index contributed by atoms with van der Waals surface area (Å²) in [6.07, 6.45) is 0.884. The van der Waals surface area contributed by atoms with Gasteiger partial charge >= 0.3 is 0 Å². The van der Waals surface area contributed by atoms with Gasteiger partial charge in [-0.05, 0) is 38.4 Å². The van der Waals surface area contributed by atoms with E-state index < -0.39 is 0 Å². The Bertz CT molecular complexity index is 396. The van der Waals surface area contributed by atoms with E-state index in [0.717, 1.165) is 13.0 Å². The molecule has 1 aromatic carbocycles. The molecule has 0 saturated carbocycles. The lowest BCUT2D eigenvalue weighted by Crippen LogP contribution is -2.21. The van der Waals surface area contributed by atoms with E-state index in [0.29, 0.717) is 6.04 Å². The Kier molecular flexibility index (Phi) is 5.08. The summed E-state index contributed by atoms with van der Waals surface area (Å²) in [5, 5.41) is 3.50. The van der Waals surface area contributed by atoms with Crippen molar-refractivity contribution in [3.05, 3.63) is 34.9 Å². The van der Waals surface area contributed by atoms with Gasteiger partial charge in [0, 0.05) is 12.5 Å². The molecule has 0 amide bonds. The van der Waals surface area contributed by atoms with E-state index in [9.17, 15) is 0 Å². The summed E-state index contributed by atoms with van der Waals surface area (Å²) in [7, 11) is 0. The first-order chi connectivity index (χ1) is 7.69. The normalized spacial score (nSPS) is 11.8. The highest BCUT2D eigenvalue weighted by Crippen LogP contribution is 2.21. The van der Waals surface area contributed by atoms with Gasteiger partial charge in [-0.15, -0.1) is 11.8 Å². The molecule has 16 heavy (non-hydrogen) atoms. The second kappa shape index (κ2) is 6.35. The summed E-state index contributed by atoms with van der Waals surface area (Å²) in [5.41, 5.74) is 4.03. The van der Waals surface area contributed by atoms with Crippen molar-refractivity contribution < 1.29 is 0 Å². The molecular weight excluding hydrogens is 194 g/mol. The van der Waals surface area contributed by atoms with Gasteiger partial charge in [0.1, 0.15) is 0 Å². The molecule has 0 heterocycles. The number of benzene rings is 1. The van der Waals surface area contributed by atoms with Crippen molar-refractivity contribution in [1.29, 1.82) is 0 Å². The zero-order chi connectivity index (χ0) is 12.0. The maximum absolute atomic E-state index is 3.50. The Hall–Kier alpha value is -1.26. The van der Waals surface area contributed by atoms with Crippen LogP contribution in [0, 0.1) is 25.7 Å². The Balaban J connectivity index is 2.97. The lowest BCUT2D eigenvalue weighted by atomic mass is 9.97. The molecule has 0 bridgehead atoms. The fourth-order valence-corrected chi connectivity index (χ4v) is 1.88. The third-order valence-corrected chi connectivity index (χ3v) is 2.74. The number of hydrogen-bond acceptors (Lipinski definition) is 1. The van der Waals surface area contributed by atoms with Crippen molar-refractivity contribution in [2.24, 2.45) is 0 Å². The van der Waals surface area contributed by atoms with E-state index in [1.54, 1.807) is 0 Å². The van der Waals surface area contributed by atoms with Gasteiger partial charge in [0.25, 0.3) is 0 Å². The Morgan fingerprint density at radius 1 is 1.31 bits per heavy atom. The van der Waals surface area contributed by atoms with Crippen molar-refractivity contribution in [2.75, 3.05) is 6.54 Å². The largest absolute Gasteiger partial charge is 0.309 e. The highest BCUT2D eigenvalue weighted by Gasteiger charge is 2.11. The van der Waals surface area contributed by atoms with Crippen LogP contribution in [0.4, 0.5) is 0 Å². The molecule has 1 heteroatoms. The zero-order valence-corrected chi connectivity index (χ0v) is 10.7. The Morgan fingerprint density at radius 3 is 2.69 bits per heavy atom. The Morgan fingerprint density at radius 2 is 2.06 bits per heavy atom. The molecule has 1 nitrogen and oxygen atoms in total. The molecule has 1 aromatic rings. The molecule has 0 fully saturated rings. The molecule has 1 atom stereocenters. The number of hydrogen-bond donors (Lipinski definition) is 1. The molecule has 0 aliphatic carbocycles. The third-order valence-electron chi connectivity index (χ3n) is 2.74. The van der Waals surface area contributed by atoms with E-state index in [2.05, 4.69) is 56.1 Å². The fourth-order valence-electron chi connectivity index (χ4n) is 1.88. The number of nitrogens with one attached hydrogen (secondary N) is 1. The van der Waals surface area contributed by atoms with Crippen LogP contribution in [0.5, 0.6) is 0 Å². The summed E-state index contributed by atoms with van der Waals surface area (Å²) in [6, 6.07) is 6.97. The average molecular weight is 215 g/mol. The average Bonchev–Trinajstić information content (AvgIpc) is 2.28. The van der Waals surface area contributed by atoms with Crippen LogP contribution in [0.15, 0.2) is 18.2 Å². The quantitative estimate of drug-likeness (QED) is 0.759. The van der Waals surface area contributed by atoms with E-state index in [4.69, 9.17) is 0 Å². The number of aryl methyl sites for hydroxylation is 2. The summed E-state index contributed by atoms with van der Waals surface area (Å²) >= 11 is 0. The van der Waals surface area contributed by atoms with Gasteiger partial charge in [-0.1, -0.05) is 30.7 Å². The maximum Gasteiger partial charge on any atom is 0.0433 e. The number of rotatable bonds is 4. The van der Waals surface area contributed by atoms with Gasteiger partial charge in [0.05, 0.1) is 0 Å². The van der Waals surface area contributed by atoms with Crippen LogP contribution < -0.4 is 5.32 Å². The lowest BCUT2D eigenvalue weighted by Gasteiger charge is -2.18. The van der Waals surface area contributed by atoms with Gasteiger partial charge in [-0.3, -0.25) is 0 Å². The van der Waals surface area contributed by atoms with Gasteiger partial charge in [0.2, 0.25) is 0 Å². The summed E-state index contributed by atoms with van der Waals surface area (Å²) in [5.74, 6) is 6.14.